The van der Waals surface area contributed by atoms with Crippen LogP contribution in [0.2, 0.25) is 0 Å². The van der Waals surface area contributed by atoms with Crippen LogP contribution < -0.4 is 0 Å². The number of hydrogen-bond acceptors (Lipinski definition) is 3. The highest BCUT2D eigenvalue weighted by Crippen LogP contribution is 2.43. The van der Waals surface area contributed by atoms with Crippen LogP contribution in [0.4, 0.5) is 13.2 Å². The highest BCUT2D eigenvalue weighted by molar-refractivity contribution is 6.00. The van der Waals surface area contributed by atoms with E-state index < -0.39 is 35.5 Å². The molecule has 0 spiro atoms. The van der Waals surface area contributed by atoms with Gasteiger partial charge in [0.2, 0.25) is 5.60 Å². The number of Topliss-reactive ketones (excluding diaryl/α,β-unsaturated/α-hetero) is 1. The van der Waals surface area contributed by atoms with E-state index in [1.54, 1.807) is 0 Å². The third-order valence-electron chi connectivity index (χ3n) is 2.59. The number of carbonyl (C=O) groups is 2. The number of ether oxygens (including phenoxy) is 1. The number of carbonyl (C=O) groups excluding carboxylic acids is 1. The summed E-state index contributed by atoms with van der Waals surface area (Å²) in [6.45, 7) is 0. The van der Waals surface area contributed by atoms with E-state index >= 15 is 0 Å². The van der Waals surface area contributed by atoms with E-state index in [2.05, 4.69) is 4.74 Å². The van der Waals surface area contributed by atoms with Crippen molar-refractivity contribution < 1.29 is 32.6 Å². The van der Waals surface area contributed by atoms with Gasteiger partial charge >= 0.3 is 12.1 Å². The minimum Gasteiger partial charge on any atom is -0.481 e. The van der Waals surface area contributed by atoms with Crippen LogP contribution in [0.15, 0.2) is 30.3 Å². The Balaban J connectivity index is 3.40. The Morgan fingerprint density at radius 1 is 1.21 bits per heavy atom. The Kier molecular flexibility index (Phi) is 4.31. The first-order valence-electron chi connectivity index (χ1n) is 5.18. The van der Waals surface area contributed by atoms with Crippen molar-refractivity contribution in [1.29, 1.82) is 0 Å². The average Bonchev–Trinajstić information content (AvgIpc) is 2.29. The van der Waals surface area contributed by atoms with Gasteiger partial charge in [0.15, 0.2) is 5.78 Å². The fraction of sp³-hybridized carbons (Fsp3) is 0.333. The molecule has 0 amide bonds. The van der Waals surface area contributed by atoms with Gasteiger partial charge in [0, 0.05) is 12.7 Å². The van der Waals surface area contributed by atoms with Gasteiger partial charge in [0.25, 0.3) is 0 Å². The summed E-state index contributed by atoms with van der Waals surface area (Å²) in [5.41, 5.74) is -3.71. The van der Waals surface area contributed by atoms with Crippen LogP contribution in [0, 0.1) is 0 Å². The molecule has 0 aromatic heterocycles. The van der Waals surface area contributed by atoms with Gasteiger partial charge in [-0.05, 0) is 0 Å². The standard InChI is InChI=1S/C12H11F3O4/c1-19-11(12(13,14)15,9(16)7-10(17)18)8-5-3-2-4-6-8/h2-6H,7H2,1H3,(H,17,18)/t11-/m1/s1. The number of carboxylic acids is 1. The van der Waals surface area contributed by atoms with E-state index in [1.165, 1.54) is 18.2 Å². The van der Waals surface area contributed by atoms with Gasteiger partial charge in [-0.2, -0.15) is 13.2 Å². The molecule has 1 aromatic carbocycles. The van der Waals surface area contributed by atoms with Crippen LogP contribution in [0.1, 0.15) is 12.0 Å². The fourth-order valence-corrected chi connectivity index (χ4v) is 1.76. The molecule has 0 fully saturated rings. The van der Waals surface area contributed by atoms with E-state index in [-0.39, 0.29) is 0 Å². The normalized spacial score (nSPS) is 14.7. The minimum absolute atomic E-state index is 0.448. The fourth-order valence-electron chi connectivity index (χ4n) is 1.76. The van der Waals surface area contributed by atoms with Crippen LogP contribution in [0.3, 0.4) is 0 Å². The van der Waals surface area contributed by atoms with Crippen molar-refractivity contribution in [2.75, 3.05) is 7.11 Å². The van der Waals surface area contributed by atoms with E-state index in [4.69, 9.17) is 5.11 Å². The lowest BCUT2D eigenvalue weighted by molar-refractivity contribution is -0.264. The lowest BCUT2D eigenvalue weighted by atomic mass is 9.87. The molecule has 0 unspecified atom stereocenters. The number of carboxylic acid groups (broad SMARTS) is 1. The number of alkyl halides is 3. The molecule has 104 valence electrons. The summed E-state index contributed by atoms with van der Waals surface area (Å²) in [6, 6.07) is 6.22. The summed E-state index contributed by atoms with van der Waals surface area (Å²) >= 11 is 0. The molecule has 1 atom stereocenters. The zero-order valence-electron chi connectivity index (χ0n) is 9.90. The first-order chi connectivity index (χ1) is 8.75. The first kappa shape index (κ1) is 15.2. The second-order valence-electron chi connectivity index (χ2n) is 3.74. The third-order valence-corrected chi connectivity index (χ3v) is 2.59. The summed E-state index contributed by atoms with van der Waals surface area (Å²) in [5, 5.41) is 8.51. The Morgan fingerprint density at radius 2 is 1.74 bits per heavy atom. The van der Waals surface area contributed by atoms with Crippen molar-refractivity contribution in [2.45, 2.75) is 18.2 Å². The van der Waals surface area contributed by atoms with Crippen molar-refractivity contribution in [3.05, 3.63) is 35.9 Å². The number of benzene rings is 1. The lowest BCUT2D eigenvalue weighted by Gasteiger charge is -2.32. The summed E-state index contributed by atoms with van der Waals surface area (Å²) in [6.07, 6.45) is -6.34. The van der Waals surface area contributed by atoms with E-state index in [0.717, 1.165) is 19.2 Å². The highest BCUT2D eigenvalue weighted by Gasteiger charge is 2.62. The monoisotopic (exact) mass is 276 g/mol. The van der Waals surface area contributed by atoms with Crippen LogP contribution in [0.25, 0.3) is 0 Å². The van der Waals surface area contributed by atoms with Gasteiger partial charge in [0.1, 0.15) is 6.42 Å². The summed E-state index contributed by atoms with van der Waals surface area (Å²) < 4.78 is 44.1. The maximum absolute atomic E-state index is 13.2. The van der Waals surface area contributed by atoms with Crippen LogP contribution in [-0.2, 0) is 19.9 Å². The third kappa shape index (κ3) is 2.76. The van der Waals surface area contributed by atoms with Gasteiger partial charge in [-0.25, -0.2) is 0 Å². The second-order valence-corrected chi connectivity index (χ2v) is 3.74. The second kappa shape index (κ2) is 5.40. The van der Waals surface area contributed by atoms with E-state index in [9.17, 15) is 22.8 Å². The molecule has 1 N–H and O–H groups in total. The summed E-state index contributed by atoms with van der Waals surface area (Å²) in [4.78, 5) is 22.2. The molecular formula is C12H11F3O4. The van der Waals surface area contributed by atoms with Crippen LogP contribution in [0.5, 0.6) is 0 Å². The van der Waals surface area contributed by atoms with Gasteiger partial charge in [-0.3, -0.25) is 9.59 Å². The van der Waals surface area contributed by atoms with Crippen molar-refractivity contribution in [1.82, 2.24) is 0 Å². The summed E-state index contributed by atoms with van der Waals surface area (Å²) in [5.74, 6) is -3.21. The molecule has 0 bridgehead atoms. The van der Waals surface area contributed by atoms with Crippen LogP contribution in [-0.4, -0.2) is 30.1 Å². The molecule has 0 saturated carbocycles. The van der Waals surface area contributed by atoms with Crippen molar-refractivity contribution >= 4 is 11.8 Å². The Bertz CT molecular complexity index is 470. The number of halogens is 3. The van der Waals surface area contributed by atoms with E-state index in [0.29, 0.717) is 0 Å². The quantitative estimate of drug-likeness (QED) is 0.837. The topological polar surface area (TPSA) is 63.6 Å². The molecule has 0 aliphatic rings. The minimum atomic E-state index is -5.06. The van der Waals surface area contributed by atoms with Gasteiger partial charge in [-0.1, -0.05) is 30.3 Å². The molecule has 0 aliphatic heterocycles. The molecular weight excluding hydrogens is 265 g/mol. The van der Waals surface area contributed by atoms with Crippen molar-refractivity contribution in [2.24, 2.45) is 0 Å². The zero-order valence-corrected chi connectivity index (χ0v) is 9.90. The average molecular weight is 276 g/mol. The number of rotatable bonds is 5. The molecule has 1 aromatic rings. The molecule has 0 aliphatic carbocycles. The molecule has 4 nitrogen and oxygen atoms in total. The Morgan fingerprint density at radius 3 is 2.11 bits per heavy atom. The largest absolute Gasteiger partial charge is 0.481 e. The first-order valence-corrected chi connectivity index (χ1v) is 5.18. The highest BCUT2D eigenvalue weighted by atomic mass is 19.4. The smallest absolute Gasteiger partial charge is 0.428 e. The molecule has 1 rings (SSSR count). The maximum atomic E-state index is 13.2. The molecule has 0 heterocycles. The predicted octanol–water partition coefficient (Wildman–Crippen LogP) is 2.13. The number of hydrogen-bond donors (Lipinski definition) is 1. The van der Waals surface area contributed by atoms with Crippen LogP contribution >= 0.6 is 0 Å². The lowest BCUT2D eigenvalue weighted by Crippen LogP contribution is -2.51. The SMILES string of the molecule is CO[C@@](C(=O)CC(=O)O)(c1ccccc1)C(F)(F)F. The van der Waals surface area contributed by atoms with Gasteiger partial charge in [-0.15, -0.1) is 0 Å². The van der Waals surface area contributed by atoms with Gasteiger partial charge in [0.05, 0.1) is 0 Å². The predicted molar refractivity (Wildman–Crippen MR) is 58.4 cm³/mol. The molecule has 7 heteroatoms. The van der Waals surface area contributed by atoms with Gasteiger partial charge < -0.3 is 9.84 Å². The molecule has 0 radical (unpaired) electrons. The van der Waals surface area contributed by atoms with Crippen molar-refractivity contribution in [3.8, 4) is 0 Å². The zero-order chi connectivity index (χ0) is 14.7. The Labute approximate surface area is 106 Å². The number of aliphatic carboxylic acids is 1. The molecule has 0 saturated heterocycles. The summed E-state index contributed by atoms with van der Waals surface area (Å²) in [7, 11) is 0.722. The maximum Gasteiger partial charge on any atom is 0.428 e. The number of methoxy groups -OCH3 is 1. The number of ketones is 1. The van der Waals surface area contributed by atoms with Crippen molar-refractivity contribution in [3.63, 3.8) is 0 Å². The molecule has 19 heavy (non-hydrogen) atoms. The van der Waals surface area contributed by atoms with E-state index in [1.807, 2.05) is 0 Å². The Hall–Kier alpha value is -1.89.